The van der Waals surface area contributed by atoms with E-state index in [1.807, 2.05) is 13.0 Å². The number of hydrogen-bond donors (Lipinski definition) is 3. The number of aliphatic hydroxyl groups excluding tert-OH is 1. The summed E-state index contributed by atoms with van der Waals surface area (Å²) < 4.78 is 17.0. The van der Waals surface area contributed by atoms with Crippen LogP contribution in [0.5, 0.6) is 0 Å². The predicted octanol–water partition coefficient (Wildman–Crippen LogP) is 0.915. The topological polar surface area (TPSA) is 91.5 Å². The van der Waals surface area contributed by atoms with E-state index in [0.29, 0.717) is 13.2 Å². The Hall–Kier alpha value is -1.61. The molecule has 2 aliphatic heterocycles. The number of aliphatic hydroxyl groups is 1. The molecule has 0 aromatic carbocycles. The van der Waals surface area contributed by atoms with E-state index >= 15 is 0 Å². The van der Waals surface area contributed by atoms with Gasteiger partial charge in [-0.15, -0.1) is 0 Å². The molecule has 158 valence electrons. The van der Waals surface area contributed by atoms with Gasteiger partial charge in [-0.1, -0.05) is 0 Å². The zero-order valence-electron chi connectivity index (χ0n) is 17.1. The van der Waals surface area contributed by atoms with E-state index in [0.717, 1.165) is 69.8 Å². The number of guanidine groups is 1. The molecule has 1 aromatic heterocycles. The first-order valence-electron chi connectivity index (χ1n) is 10.2. The Kier molecular flexibility index (Phi) is 7.73. The van der Waals surface area contributed by atoms with Crippen LogP contribution in [0, 0.1) is 12.3 Å². The fourth-order valence-electron chi connectivity index (χ4n) is 3.93. The molecule has 1 aromatic rings. The molecule has 3 N–H and O–H groups in total. The first-order chi connectivity index (χ1) is 13.7. The van der Waals surface area contributed by atoms with Gasteiger partial charge in [-0.05, 0) is 31.9 Å². The van der Waals surface area contributed by atoms with Crippen molar-refractivity contribution < 1.29 is 19.0 Å². The third-order valence-electron chi connectivity index (χ3n) is 5.72. The molecule has 2 fully saturated rings. The van der Waals surface area contributed by atoms with E-state index in [2.05, 4.69) is 26.6 Å². The molecule has 8 nitrogen and oxygen atoms in total. The van der Waals surface area contributed by atoms with Gasteiger partial charge in [0.2, 0.25) is 0 Å². The molecule has 2 unspecified atom stereocenters. The Morgan fingerprint density at radius 2 is 2.07 bits per heavy atom. The summed E-state index contributed by atoms with van der Waals surface area (Å²) >= 11 is 0. The summed E-state index contributed by atoms with van der Waals surface area (Å²) in [5, 5.41) is 16.3. The fourth-order valence-corrected chi connectivity index (χ4v) is 3.93. The minimum atomic E-state index is -0.0197. The monoisotopic (exact) mass is 394 g/mol. The summed E-state index contributed by atoms with van der Waals surface area (Å²) in [4.78, 5) is 6.76. The Balaban J connectivity index is 1.59. The molecule has 3 heterocycles. The van der Waals surface area contributed by atoms with E-state index in [-0.39, 0.29) is 18.1 Å². The van der Waals surface area contributed by atoms with Gasteiger partial charge in [0, 0.05) is 51.9 Å². The van der Waals surface area contributed by atoms with Gasteiger partial charge in [-0.25, -0.2) is 0 Å². The zero-order chi connectivity index (χ0) is 19.8. The maximum Gasteiger partial charge on any atom is 0.191 e. The number of nitrogens with one attached hydrogen (secondary N) is 2. The second-order valence-electron chi connectivity index (χ2n) is 7.70. The minimum Gasteiger partial charge on any atom is -0.465 e. The Bertz CT molecular complexity index is 621. The molecule has 2 saturated heterocycles. The summed E-state index contributed by atoms with van der Waals surface area (Å²) in [5.74, 6) is 2.64. The van der Waals surface area contributed by atoms with Crippen LogP contribution in [0.25, 0.3) is 0 Å². The van der Waals surface area contributed by atoms with E-state index in [4.69, 9.17) is 13.9 Å². The lowest BCUT2D eigenvalue weighted by Crippen LogP contribution is -2.48. The number of rotatable bonds is 8. The van der Waals surface area contributed by atoms with Gasteiger partial charge in [-0.3, -0.25) is 9.89 Å². The number of ether oxygens (including phenoxy) is 2. The Morgan fingerprint density at radius 1 is 1.25 bits per heavy atom. The van der Waals surface area contributed by atoms with Crippen LogP contribution in [0.4, 0.5) is 0 Å². The first kappa shape index (κ1) is 21.1. The standard InChI is InChI=1S/C20H34N4O4/c1-16-3-4-18(28-16)17(24-7-11-26-12-8-24)13-22-19(21-2)23-14-20(5-9-25)6-10-27-15-20/h3-4,17,25H,5-15H2,1-2H3,(H2,21,22,23). The number of hydrogen-bond acceptors (Lipinski definition) is 6. The minimum absolute atomic E-state index is 0.0197. The molecule has 3 rings (SSSR count). The van der Waals surface area contributed by atoms with Crippen molar-refractivity contribution in [2.75, 3.05) is 66.3 Å². The summed E-state index contributed by atoms with van der Waals surface area (Å²) in [6.45, 7) is 8.26. The summed E-state index contributed by atoms with van der Waals surface area (Å²) in [5.41, 5.74) is -0.0197. The number of aliphatic imine (C=N–C) groups is 1. The third-order valence-corrected chi connectivity index (χ3v) is 5.72. The van der Waals surface area contributed by atoms with Gasteiger partial charge in [-0.2, -0.15) is 0 Å². The SMILES string of the molecule is CN=C(NCC(c1ccc(C)o1)N1CCOCC1)NCC1(CCO)CCOC1. The summed E-state index contributed by atoms with van der Waals surface area (Å²) in [7, 11) is 1.78. The number of furan rings is 1. The number of morpholine rings is 1. The molecule has 0 spiro atoms. The Morgan fingerprint density at radius 3 is 2.68 bits per heavy atom. The average molecular weight is 395 g/mol. The molecule has 0 amide bonds. The maximum absolute atomic E-state index is 9.41. The molecular weight excluding hydrogens is 360 g/mol. The summed E-state index contributed by atoms with van der Waals surface area (Å²) in [6.07, 6.45) is 1.69. The maximum atomic E-state index is 9.41. The smallest absolute Gasteiger partial charge is 0.191 e. The highest BCUT2D eigenvalue weighted by atomic mass is 16.5. The van der Waals surface area contributed by atoms with Gasteiger partial charge in [0.25, 0.3) is 0 Å². The molecular formula is C20H34N4O4. The van der Waals surface area contributed by atoms with Crippen LogP contribution in [0.3, 0.4) is 0 Å². The van der Waals surface area contributed by atoms with Crippen molar-refractivity contribution in [1.82, 2.24) is 15.5 Å². The van der Waals surface area contributed by atoms with Crippen molar-refractivity contribution in [2.45, 2.75) is 25.8 Å². The molecule has 0 radical (unpaired) electrons. The molecule has 0 bridgehead atoms. The molecule has 2 atom stereocenters. The molecule has 0 aliphatic carbocycles. The number of nitrogens with zero attached hydrogens (tertiary/aromatic N) is 2. The first-order valence-corrected chi connectivity index (χ1v) is 10.2. The highest BCUT2D eigenvalue weighted by molar-refractivity contribution is 5.79. The average Bonchev–Trinajstić information content (AvgIpc) is 3.35. The van der Waals surface area contributed by atoms with Crippen LogP contribution in [0.1, 0.15) is 30.4 Å². The lowest BCUT2D eigenvalue weighted by atomic mass is 9.84. The van der Waals surface area contributed by atoms with Crippen molar-refractivity contribution >= 4 is 5.96 Å². The lowest BCUT2D eigenvalue weighted by molar-refractivity contribution is 0.0124. The molecule has 28 heavy (non-hydrogen) atoms. The van der Waals surface area contributed by atoms with Gasteiger partial charge >= 0.3 is 0 Å². The molecule has 0 saturated carbocycles. The van der Waals surface area contributed by atoms with E-state index in [1.165, 1.54) is 0 Å². The van der Waals surface area contributed by atoms with Crippen LogP contribution in [-0.2, 0) is 9.47 Å². The zero-order valence-corrected chi connectivity index (χ0v) is 17.1. The van der Waals surface area contributed by atoms with Crippen molar-refractivity contribution in [3.05, 3.63) is 23.7 Å². The second kappa shape index (κ2) is 10.2. The van der Waals surface area contributed by atoms with Gasteiger partial charge in [0.05, 0.1) is 25.9 Å². The highest BCUT2D eigenvalue weighted by Crippen LogP contribution is 2.31. The normalized spacial score (nSPS) is 25.0. The molecule has 8 heteroatoms. The predicted molar refractivity (Wildman–Crippen MR) is 108 cm³/mol. The molecule has 2 aliphatic rings. The van der Waals surface area contributed by atoms with E-state index < -0.39 is 0 Å². The van der Waals surface area contributed by atoms with Crippen LogP contribution in [-0.4, -0.2) is 82.2 Å². The summed E-state index contributed by atoms with van der Waals surface area (Å²) in [6, 6.07) is 4.19. The Labute approximate surface area is 167 Å². The van der Waals surface area contributed by atoms with Crippen LogP contribution < -0.4 is 10.6 Å². The van der Waals surface area contributed by atoms with Crippen molar-refractivity contribution in [2.24, 2.45) is 10.4 Å². The van der Waals surface area contributed by atoms with Crippen LogP contribution in [0.15, 0.2) is 21.5 Å². The van der Waals surface area contributed by atoms with Crippen LogP contribution in [0.2, 0.25) is 0 Å². The van der Waals surface area contributed by atoms with Gasteiger partial charge < -0.3 is 29.6 Å². The van der Waals surface area contributed by atoms with Crippen molar-refractivity contribution in [1.29, 1.82) is 0 Å². The number of aryl methyl sites for hydroxylation is 1. The largest absolute Gasteiger partial charge is 0.465 e. The fraction of sp³-hybridized carbons (Fsp3) is 0.750. The van der Waals surface area contributed by atoms with Crippen LogP contribution >= 0.6 is 0 Å². The quantitative estimate of drug-likeness (QED) is 0.446. The van der Waals surface area contributed by atoms with E-state index in [9.17, 15) is 5.11 Å². The van der Waals surface area contributed by atoms with Gasteiger partial charge in [0.1, 0.15) is 11.5 Å². The highest BCUT2D eigenvalue weighted by Gasteiger charge is 2.34. The van der Waals surface area contributed by atoms with Crippen molar-refractivity contribution in [3.8, 4) is 0 Å². The second-order valence-corrected chi connectivity index (χ2v) is 7.70. The third kappa shape index (κ3) is 5.47. The lowest BCUT2D eigenvalue weighted by Gasteiger charge is -2.34. The van der Waals surface area contributed by atoms with Crippen molar-refractivity contribution in [3.63, 3.8) is 0 Å². The van der Waals surface area contributed by atoms with E-state index in [1.54, 1.807) is 7.05 Å². The van der Waals surface area contributed by atoms with Gasteiger partial charge in [0.15, 0.2) is 5.96 Å².